The number of nitro groups is 1. The fourth-order valence-electron chi connectivity index (χ4n) is 4.05. The highest BCUT2D eigenvalue weighted by Crippen LogP contribution is 2.39. The molecule has 1 N–H and O–H groups in total. The molecule has 7 nitrogen and oxygen atoms in total. The van der Waals surface area contributed by atoms with Gasteiger partial charge >= 0.3 is 0 Å². The molecule has 2 aliphatic rings. The number of benzene rings is 2. The van der Waals surface area contributed by atoms with Crippen molar-refractivity contribution >= 4 is 28.9 Å². The van der Waals surface area contributed by atoms with Crippen molar-refractivity contribution in [1.82, 2.24) is 0 Å². The Morgan fingerprint density at radius 3 is 2.37 bits per heavy atom. The van der Waals surface area contributed by atoms with Gasteiger partial charge in [-0.25, -0.2) is 9.29 Å². The molecule has 0 spiro atoms. The fourth-order valence-corrected chi connectivity index (χ4v) is 4.05. The van der Waals surface area contributed by atoms with Gasteiger partial charge in [-0.1, -0.05) is 30.4 Å². The number of hydrogen-bond donors (Lipinski definition) is 1. The SMILES string of the molecule is O=C1[C@H]2CC=CC[C@H]2C(=O)N1c1ccc(NCCc2ccccc2F)c([N+](=O)[O-])c1. The van der Waals surface area contributed by atoms with Crippen LogP contribution in [0, 0.1) is 27.8 Å². The van der Waals surface area contributed by atoms with Gasteiger partial charge in [0.05, 0.1) is 22.4 Å². The molecule has 0 bridgehead atoms. The van der Waals surface area contributed by atoms with Crippen molar-refractivity contribution < 1.29 is 18.9 Å². The van der Waals surface area contributed by atoms with Crippen molar-refractivity contribution in [1.29, 1.82) is 0 Å². The third-order valence-corrected chi connectivity index (χ3v) is 5.61. The van der Waals surface area contributed by atoms with Gasteiger partial charge in [0.2, 0.25) is 11.8 Å². The van der Waals surface area contributed by atoms with Gasteiger partial charge in [-0.3, -0.25) is 19.7 Å². The quantitative estimate of drug-likeness (QED) is 0.339. The van der Waals surface area contributed by atoms with Crippen LogP contribution in [0.2, 0.25) is 0 Å². The average Bonchev–Trinajstić information content (AvgIpc) is 3.00. The largest absolute Gasteiger partial charge is 0.379 e. The zero-order valence-electron chi connectivity index (χ0n) is 16.1. The van der Waals surface area contributed by atoms with E-state index in [0.717, 1.165) is 4.90 Å². The Morgan fingerprint density at radius 2 is 1.73 bits per heavy atom. The molecule has 2 atom stereocenters. The lowest BCUT2D eigenvalue weighted by atomic mass is 9.85. The zero-order valence-corrected chi connectivity index (χ0v) is 16.1. The normalized spacial score (nSPS) is 20.4. The van der Waals surface area contributed by atoms with E-state index in [0.29, 0.717) is 31.4 Å². The van der Waals surface area contributed by atoms with Crippen molar-refractivity contribution in [2.24, 2.45) is 11.8 Å². The van der Waals surface area contributed by atoms with E-state index in [4.69, 9.17) is 0 Å². The van der Waals surface area contributed by atoms with E-state index in [2.05, 4.69) is 5.32 Å². The van der Waals surface area contributed by atoms with E-state index in [-0.39, 0.29) is 34.7 Å². The number of fused-ring (bicyclic) bond motifs is 1. The van der Waals surface area contributed by atoms with Gasteiger partial charge in [-0.05, 0) is 43.0 Å². The average molecular weight is 409 g/mol. The molecule has 0 radical (unpaired) electrons. The summed E-state index contributed by atoms with van der Waals surface area (Å²) in [5.41, 5.74) is 0.715. The van der Waals surface area contributed by atoms with Crippen LogP contribution in [0.4, 0.5) is 21.5 Å². The van der Waals surface area contributed by atoms with Gasteiger partial charge < -0.3 is 5.32 Å². The van der Waals surface area contributed by atoms with Gasteiger partial charge in [-0.15, -0.1) is 0 Å². The molecular weight excluding hydrogens is 389 g/mol. The van der Waals surface area contributed by atoms with Crippen LogP contribution in [-0.4, -0.2) is 23.3 Å². The molecule has 1 aliphatic carbocycles. The Balaban J connectivity index is 1.54. The Bertz CT molecular complexity index is 1030. The first-order chi connectivity index (χ1) is 14.5. The minimum atomic E-state index is -0.561. The third-order valence-electron chi connectivity index (χ3n) is 5.61. The van der Waals surface area contributed by atoms with E-state index >= 15 is 0 Å². The lowest BCUT2D eigenvalue weighted by Crippen LogP contribution is -2.30. The summed E-state index contributed by atoms with van der Waals surface area (Å²) in [7, 11) is 0. The van der Waals surface area contributed by atoms with Crippen molar-refractivity contribution in [3.05, 3.63) is 76.1 Å². The lowest BCUT2D eigenvalue weighted by Gasteiger charge is -2.16. The van der Waals surface area contributed by atoms with E-state index in [1.807, 2.05) is 12.2 Å². The molecular formula is C22H20FN3O4. The summed E-state index contributed by atoms with van der Waals surface area (Å²) in [6.07, 6.45) is 5.14. The predicted molar refractivity (Wildman–Crippen MR) is 110 cm³/mol. The number of amides is 2. The number of nitrogens with zero attached hydrogens (tertiary/aromatic N) is 2. The molecule has 154 valence electrons. The maximum atomic E-state index is 13.7. The van der Waals surface area contributed by atoms with Crippen LogP contribution < -0.4 is 10.2 Å². The number of imide groups is 1. The van der Waals surface area contributed by atoms with Crippen LogP contribution in [0.25, 0.3) is 0 Å². The molecule has 4 rings (SSSR count). The fraction of sp³-hybridized carbons (Fsp3) is 0.273. The number of hydrogen-bond acceptors (Lipinski definition) is 5. The highest BCUT2D eigenvalue weighted by atomic mass is 19.1. The topological polar surface area (TPSA) is 92.6 Å². The molecule has 2 amide bonds. The van der Waals surface area contributed by atoms with Gasteiger partial charge in [0.25, 0.3) is 5.69 Å². The molecule has 2 aromatic carbocycles. The summed E-state index contributed by atoms with van der Waals surface area (Å²) in [5, 5.41) is 14.6. The molecule has 1 saturated heterocycles. The second-order valence-electron chi connectivity index (χ2n) is 7.39. The molecule has 1 aliphatic heterocycles. The Hall–Kier alpha value is -3.55. The Morgan fingerprint density at radius 1 is 1.07 bits per heavy atom. The summed E-state index contributed by atoms with van der Waals surface area (Å²) < 4.78 is 13.7. The number of halogens is 1. The number of carbonyl (C=O) groups is 2. The van der Waals surface area contributed by atoms with Crippen molar-refractivity contribution in [3.8, 4) is 0 Å². The van der Waals surface area contributed by atoms with Crippen molar-refractivity contribution in [3.63, 3.8) is 0 Å². The van der Waals surface area contributed by atoms with Crippen LogP contribution >= 0.6 is 0 Å². The highest BCUT2D eigenvalue weighted by molar-refractivity contribution is 6.22. The van der Waals surface area contributed by atoms with Gasteiger partial charge in [-0.2, -0.15) is 0 Å². The van der Waals surface area contributed by atoms with Crippen LogP contribution in [0.1, 0.15) is 18.4 Å². The molecule has 30 heavy (non-hydrogen) atoms. The highest BCUT2D eigenvalue weighted by Gasteiger charge is 2.48. The molecule has 0 saturated carbocycles. The van der Waals surface area contributed by atoms with Gasteiger partial charge in [0.15, 0.2) is 0 Å². The summed E-state index contributed by atoms with van der Waals surface area (Å²) in [5.74, 6) is -1.76. The van der Waals surface area contributed by atoms with Crippen LogP contribution in [0.3, 0.4) is 0 Å². The molecule has 8 heteroatoms. The number of anilines is 2. The number of nitrogens with one attached hydrogen (secondary N) is 1. The minimum Gasteiger partial charge on any atom is -0.379 e. The first kappa shape index (κ1) is 19.8. The maximum Gasteiger partial charge on any atom is 0.294 e. The van der Waals surface area contributed by atoms with E-state index in [9.17, 15) is 24.1 Å². The number of nitro benzene ring substituents is 1. The third kappa shape index (κ3) is 3.56. The van der Waals surface area contributed by atoms with E-state index in [1.54, 1.807) is 18.2 Å². The molecule has 1 heterocycles. The summed E-state index contributed by atoms with van der Waals surface area (Å²) in [6.45, 7) is 0.290. The van der Waals surface area contributed by atoms with Gasteiger partial charge in [0, 0.05) is 12.6 Å². The van der Waals surface area contributed by atoms with Crippen LogP contribution in [0.15, 0.2) is 54.6 Å². The minimum absolute atomic E-state index is 0.200. The zero-order chi connectivity index (χ0) is 21.3. The van der Waals surface area contributed by atoms with Gasteiger partial charge in [0.1, 0.15) is 11.5 Å². The molecule has 0 aromatic heterocycles. The number of rotatable bonds is 6. The van der Waals surface area contributed by atoms with E-state index in [1.165, 1.54) is 24.3 Å². The Kier molecular flexibility index (Phi) is 5.31. The second kappa shape index (κ2) is 8.06. The summed E-state index contributed by atoms with van der Waals surface area (Å²) in [6, 6.07) is 10.6. The lowest BCUT2D eigenvalue weighted by molar-refractivity contribution is -0.383. The van der Waals surface area contributed by atoms with Crippen molar-refractivity contribution in [2.75, 3.05) is 16.8 Å². The number of carbonyl (C=O) groups excluding carboxylic acids is 2. The van der Waals surface area contributed by atoms with Crippen molar-refractivity contribution in [2.45, 2.75) is 19.3 Å². The first-order valence-electron chi connectivity index (χ1n) is 9.76. The van der Waals surface area contributed by atoms with Crippen LogP contribution in [-0.2, 0) is 16.0 Å². The summed E-state index contributed by atoms with van der Waals surface area (Å²) >= 11 is 0. The van der Waals surface area contributed by atoms with E-state index < -0.39 is 16.8 Å². The first-order valence-corrected chi connectivity index (χ1v) is 9.76. The Labute approximate surface area is 172 Å². The predicted octanol–water partition coefficient (Wildman–Crippen LogP) is 3.84. The molecule has 1 fully saturated rings. The maximum absolute atomic E-state index is 13.7. The van der Waals surface area contributed by atoms with Crippen LogP contribution in [0.5, 0.6) is 0 Å². The monoisotopic (exact) mass is 409 g/mol. The standard InChI is InChI=1S/C22H20FN3O4/c23-18-8-4-1-5-14(18)11-12-24-19-10-9-15(13-20(19)26(29)30)25-21(27)16-6-2-3-7-17(16)22(25)28/h1-5,8-10,13,16-17,24H,6-7,11-12H2/t16-,17+. The second-order valence-corrected chi connectivity index (χ2v) is 7.39. The summed E-state index contributed by atoms with van der Waals surface area (Å²) in [4.78, 5) is 37.6. The number of allylic oxidation sites excluding steroid dienone is 2. The molecule has 2 aromatic rings. The smallest absolute Gasteiger partial charge is 0.294 e. The molecule has 0 unspecified atom stereocenters.